The summed E-state index contributed by atoms with van der Waals surface area (Å²) < 4.78 is 0. The van der Waals surface area contributed by atoms with Crippen LogP contribution in [0.25, 0.3) is 0 Å². The van der Waals surface area contributed by atoms with Crippen LogP contribution in [0.4, 0.5) is 0 Å². The molecule has 0 aliphatic carbocycles. The van der Waals surface area contributed by atoms with E-state index >= 15 is 0 Å². The summed E-state index contributed by atoms with van der Waals surface area (Å²) in [6.07, 6.45) is 2.58. The van der Waals surface area contributed by atoms with Gasteiger partial charge in [-0.2, -0.15) is 0 Å². The monoisotopic (exact) mass is 189 g/mol. The summed E-state index contributed by atoms with van der Waals surface area (Å²) in [6, 6.07) is 11.3. The molecule has 1 heteroatoms. The van der Waals surface area contributed by atoms with Crippen LogP contribution in [0.2, 0.25) is 0 Å². The highest BCUT2D eigenvalue weighted by molar-refractivity contribution is 5.19. The van der Waals surface area contributed by atoms with Crippen molar-refractivity contribution in [3.05, 3.63) is 35.9 Å². The Bertz CT molecular complexity index is 279. The van der Waals surface area contributed by atoms with Crippen LogP contribution in [0.3, 0.4) is 0 Å². The molecule has 0 aromatic heterocycles. The van der Waals surface area contributed by atoms with E-state index in [1.807, 2.05) is 0 Å². The summed E-state index contributed by atoms with van der Waals surface area (Å²) >= 11 is 0. The average Bonchev–Trinajstić information content (AvgIpc) is 2.19. The molecule has 76 valence electrons. The highest BCUT2D eigenvalue weighted by atomic mass is 14.9. The van der Waals surface area contributed by atoms with Gasteiger partial charge < -0.3 is 5.32 Å². The highest BCUT2D eigenvalue weighted by Gasteiger charge is 2.26. The van der Waals surface area contributed by atoms with E-state index < -0.39 is 0 Å². The zero-order valence-corrected chi connectivity index (χ0v) is 9.09. The number of benzene rings is 1. The molecule has 1 nitrogen and oxygen atoms in total. The van der Waals surface area contributed by atoms with Crippen molar-refractivity contribution < 1.29 is 0 Å². The summed E-state index contributed by atoms with van der Waals surface area (Å²) in [5.74, 6) is 0. The molecule has 0 radical (unpaired) electrons. The standard InChI is InChI=1S/C13H19N/c1-13(2)9-8-12(14-10-13)11-6-4-3-5-7-11/h3-7,12,14H,8-10H2,1-2H3. The Kier molecular flexibility index (Phi) is 2.60. The Labute approximate surface area is 86.5 Å². The normalized spacial score (nSPS) is 26.0. The first kappa shape index (κ1) is 9.72. The summed E-state index contributed by atoms with van der Waals surface area (Å²) in [5.41, 5.74) is 1.91. The third-order valence-electron chi connectivity index (χ3n) is 3.14. The van der Waals surface area contributed by atoms with Crippen LogP contribution in [-0.4, -0.2) is 6.54 Å². The van der Waals surface area contributed by atoms with Crippen molar-refractivity contribution in [2.75, 3.05) is 6.54 Å². The van der Waals surface area contributed by atoms with E-state index in [0.29, 0.717) is 11.5 Å². The molecular formula is C13H19N. The van der Waals surface area contributed by atoms with Gasteiger partial charge in [-0.05, 0) is 23.8 Å². The van der Waals surface area contributed by atoms with Crippen molar-refractivity contribution in [2.45, 2.75) is 32.7 Å². The maximum atomic E-state index is 3.63. The lowest BCUT2D eigenvalue weighted by atomic mass is 9.81. The Morgan fingerprint density at radius 1 is 1.21 bits per heavy atom. The molecule has 1 unspecified atom stereocenters. The van der Waals surface area contributed by atoms with Gasteiger partial charge in [-0.15, -0.1) is 0 Å². The number of piperidine rings is 1. The van der Waals surface area contributed by atoms with Gasteiger partial charge in [0.05, 0.1) is 0 Å². The van der Waals surface area contributed by atoms with E-state index in [4.69, 9.17) is 0 Å². The Balaban J connectivity index is 2.03. The lowest BCUT2D eigenvalue weighted by Gasteiger charge is -2.35. The van der Waals surface area contributed by atoms with Crippen molar-refractivity contribution >= 4 is 0 Å². The van der Waals surface area contributed by atoms with Crippen molar-refractivity contribution in [2.24, 2.45) is 5.41 Å². The summed E-state index contributed by atoms with van der Waals surface area (Å²) in [4.78, 5) is 0. The lowest BCUT2D eigenvalue weighted by Crippen LogP contribution is -2.38. The minimum atomic E-state index is 0.477. The Morgan fingerprint density at radius 2 is 1.93 bits per heavy atom. The van der Waals surface area contributed by atoms with Gasteiger partial charge in [0.2, 0.25) is 0 Å². The van der Waals surface area contributed by atoms with Crippen LogP contribution in [0.5, 0.6) is 0 Å². The molecule has 14 heavy (non-hydrogen) atoms. The maximum Gasteiger partial charge on any atom is 0.0320 e. The molecule has 0 saturated carbocycles. The molecule has 0 bridgehead atoms. The molecule has 1 fully saturated rings. The minimum Gasteiger partial charge on any atom is -0.309 e. The molecule has 1 aromatic carbocycles. The fourth-order valence-electron chi connectivity index (χ4n) is 2.09. The fourth-order valence-corrected chi connectivity index (χ4v) is 2.09. The van der Waals surface area contributed by atoms with E-state index in [-0.39, 0.29) is 0 Å². The topological polar surface area (TPSA) is 12.0 Å². The first-order valence-corrected chi connectivity index (χ1v) is 5.46. The molecular weight excluding hydrogens is 170 g/mol. The molecule has 1 atom stereocenters. The summed E-state index contributed by atoms with van der Waals surface area (Å²) in [6.45, 7) is 5.80. The van der Waals surface area contributed by atoms with Gasteiger partial charge in [0.1, 0.15) is 0 Å². The molecule has 0 amide bonds. The van der Waals surface area contributed by atoms with Gasteiger partial charge in [0, 0.05) is 12.6 Å². The van der Waals surface area contributed by atoms with Crippen molar-refractivity contribution in [1.29, 1.82) is 0 Å². The smallest absolute Gasteiger partial charge is 0.0320 e. The molecule has 1 saturated heterocycles. The zero-order valence-electron chi connectivity index (χ0n) is 9.09. The molecule has 0 spiro atoms. The fraction of sp³-hybridized carbons (Fsp3) is 0.538. The third kappa shape index (κ3) is 2.16. The van der Waals surface area contributed by atoms with Crippen molar-refractivity contribution in [3.63, 3.8) is 0 Å². The summed E-state index contributed by atoms with van der Waals surface area (Å²) in [7, 11) is 0. The van der Waals surface area contributed by atoms with Gasteiger partial charge in [-0.1, -0.05) is 44.2 Å². The van der Waals surface area contributed by atoms with Gasteiger partial charge in [-0.25, -0.2) is 0 Å². The van der Waals surface area contributed by atoms with Gasteiger partial charge in [0.25, 0.3) is 0 Å². The predicted molar refractivity (Wildman–Crippen MR) is 60.2 cm³/mol. The van der Waals surface area contributed by atoms with Crippen LogP contribution in [0, 0.1) is 5.41 Å². The van der Waals surface area contributed by atoms with E-state index in [9.17, 15) is 0 Å². The van der Waals surface area contributed by atoms with Crippen molar-refractivity contribution in [3.8, 4) is 0 Å². The Morgan fingerprint density at radius 3 is 2.50 bits per heavy atom. The Hall–Kier alpha value is -0.820. The minimum absolute atomic E-state index is 0.477. The first-order chi connectivity index (χ1) is 6.67. The zero-order chi connectivity index (χ0) is 10.0. The first-order valence-electron chi connectivity index (χ1n) is 5.46. The molecule has 1 heterocycles. The SMILES string of the molecule is CC1(C)CCC(c2ccccc2)NC1. The van der Waals surface area contributed by atoms with Gasteiger partial charge in [-0.3, -0.25) is 0 Å². The van der Waals surface area contributed by atoms with E-state index in [2.05, 4.69) is 49.5 Å². The van der Waals surface area contributed by atoms with Gasteiger partial charge in [0.15, 0.2) is 0 Å². The second-order valence-electron chi connectivity index (χ2n) is 5.05. The highest BCUT2D eigenvalue weighted by Crippen LogP contribution is 2.32. The number of nitrogens with one attached hydrogen (secondary N) is 1. The number of rotatable bonds is 1. The van der Waals surface area contributed by atoms with E-state index in [1.54, 1.807) is 0 Å². The molecule has 1 aliphatic rings. The second kappa shape index (κ2) is 3.74. The average molecular weight is 189 g/mol. The second-order valence-corrected chi connectivity index (χ2v) is 5.05. The van der Waals surface area contributed by atoms with Crippen LogP contribution < -0.4 is 5.32 Å². The van der Waals surface area contributed by atoms with Crippen LogP contribution in [0.1, 0.15) is 38.3 Å². The maximum absolute atomic E-state index is 3.63. The van der Waals surface area contributed by atoms with E-state index in [0.717, 1.165) is 6.54 Å². The van der Waals surface area contributed by atoms with Crippen molar-refractivity contribution in [1.82, 2.24) is 5.32 Å². The largest absolute Gasteiger partial charge is 0.309 e. The molecule has 1 aliphatic heterocycles. The molecule has 1 N–H and O–H groups in total. The van der Waals surface area contributed by atoms with Gasteiger partial charge >= 0.3 is 0 Å². The quantitative estimate of drug-likeness (QED) is 0.715. The third-order valence-corrected chi connectivity index (χ3v) is 3.14. The number of hydrogen-bond acceptors (Lipinski definition) is 1. The molecule has 1 aromatic rings. The van der Waals surface area contributed by atoms with Crippen LogP contribution in [-0.2, 0) is 0 Å². The predicted octanol–water partition coefficient (Wildman–Crippen LogP) is 3.14. The summed E-state index contributed by atoms with van der Waals surface area (Å²) in [5, 5.41) is 3.63. The lowest BCUT2D eigenvalue weighted by molar-refractivity contribution is 0.224. The number of hydrogen-bond donors (Lipinski definition) is 1. The van der Waals surface area contributed by atoms with Crippen LogP contribution in [0.15, 0.2) is 30.3 Å². The van der Waals surface area contributed by atoms with E-state index in [1.165, 1.54) is 18.4 Å². The van der Waals surface area contributed by atoms with Crippen LogP contribution >= 0.6 is 0 Å². The molecule has 2 rings (SSSR count).